The summed E-state index contributed by atoms with van der Waals surface area (Å²) in [5, 5.41) is 8.00. The van der Waals surface area contributed by atoms with Gasteiger partial charge in [0.05, 0.1) is 23.5 Å². The van der Waals surface area contributed by atoms with Crippen molar-refractivity contribution in [2.75, 3.05) is 5.32 Å². The van der Waals surface area contributed by atoms with Crippen molar-refractivity contribution in [3.63, 3.8) is 0 Å². The summed E-state index contributed by atoms with van der Waals surface area (Å²) in [5.41, 5.74) is 1.90. The third kappa shape index (κ3) is 2.86. The molecule has 0 aliphatic rings. The van der Waals surface area contributed by atoms with Crippen LogP contribution in [0.5, 0.6) is 0 Å². The van der Waals surface area contributed by atoms with Crippen LogP contribution in [0, 0.1) is 0 Å². The number of anilines is 1. The Morgan fingerprint density at radius 3 is 2.77 bits per heavy atom. The van der Waals surface area contributed by atoms with E-state index in [4.69, 9.17) is 4.42 Å². The van der Waals surface area contributed by atoms with Crippen molar-refractivity contribution in [2.24, 2.45) is 0 Å². The van der Waals surface area contributed by atoms with Gasteiger partial charge in [0.15, 0.2) is 5.76 Å². The minimum absolute atomic E-state index is 0.146. The van der Waals surface area contributed by atoms with Crippen molar-refractivity contribution in [3.05, 3.63) is 66.6 Å². The molecule has 3 aromatic heterocycles. The first-order valence-electron chi connectivity index (χ1n) is 8.42. The van der Waals surface area contributed by atoms with E-state index in [0.717, 1.165) is 10.9 Å². The van der Waals surface area contributed by atoms with Crippen LogP contribution in [0.15, 0.2) is 65.4 Å². The number of fused-ring (bicyclic) bond motifs is 1. The Bertz CT molecular complexity index is 1060. The molecule has 0 fully saturated rings. The third-order valence-electron chi connectivity index (χ3n) is 4.14. The largest absolute Gasteiger partial charge is 0.463 e. The highest BCUT2D eigenvalue weighted by atomic mass is 16.3. The van der Waals surface area contributed by atoms with Gasteiger partial charge in [-0.15, -0.1) is 0 Å². The zero-order chi connectivity index (χ0) is 18.1. The van der Waals surface area contributed by atoms with Crippen LogP contribution in [0.1, 0.15) is 30.2 Å². The van der Waals surface area contributed by atoms with Gasteiger partial charge in [-0.25, -0.2) is 9.67 Å². The summed E-state index contributed by atoms with van der Waals surface area (Å²) >= 11 is 0. The van der Waals surface area contributed by atoms with Gasteiger partial charge in [-0.2, -0.15) is 5.10 Å². The second-order valence-electron chi connectivity index (χ2n) is 6.26. The minimum atomic E-state index is -0.209. The van der Waals surface area contributed by atoms with E-state index in [1.807, 2.05) is 44.2 Å². The lowest BCUT2D eigenvalue weighted by Crippen LogP contribution is -2.17. The molecule has 0 radical (unpaired) electrons. The third-order valence-corrected chi connectivity index (χ3v) is 4.14. The number of carbonyl (C=O) groups excluding carboxylic acids is 1. The maximum atomic E-state index is 13.0. The number of nitrogens with zero attached hydrogens (tertiary/aromatic N) is 3. The monoisotopic (exact) mass is 346 g/mol. The van der Waals surface area contributed by atoms with Gasteiger partial charge in [0.25, 0.3) is 5.91 Å². The first kappa shape index (κ1) is 16.1. The fourth-order valence-electron chi connectivity index (χ4n) is 2.92. The molecule has 4 rings (SSSR count). The number of rotatable bonds is 4. The molecule has 1 N–H and O–H groups in total. The number of pyridine rings is 1. The number of amides is 1. The van der Waals surface area contributed by atoms with Crippen LogP contribution in [-0.2, 0) is 0 Å². The van der Waals surface area contributed by atoms with Crippen molar-refractivity contribution >= 4 is 22.6 Å². The summed E-state index contributed by atoms with van der Waals surface area (Å²) < 4.78 is 7.22. The second kappa shape index (κ2) is 6.48. The summed E-state index contributed by atoms with van der Waals surface area (Å²) in [7, 11) is 0. The number of carbonyl (C=O) groups is 1. The minimum Gasteiger partial charge on any atom is -0.463 e. The van der Waals surface area contributed by atoms with Gasteiger partial charge >= 0.3 is 0 Å². The molecule has 26 heavy (non-hydrogen) atoms. The first-order valence-corrected chi connectivity index (χ1v) is 8.42. The molecule has 0 aliphatic carbocycles. The Morgan fingerprint density at radius 2 is 2.00 bits per heavy atom. The number of benzene rings is 1. The molecule has 0 spiro atoms. The summed E-state index contributed by atoms with van der Waals surface area (Å²) in [6, 6.07) is 14.9. The average molecular weight is 346 g/mol. The molecular formula is C20H18N4O2. The predicted molar refractivity (Wildman–Crippen MR) is 100 cm³/mol. The van der Waals surface area contributed by atoms with Gasteiger partial charge in [0, 0.05) is 17.5 Å². The van der Waals surface area contributed by atoms with Crippen LogP contribution in [-0.4, -0.2) is 20.7 Å². The van der Waals surface area contributed by atoms with Crippen molar-refractivity contribution in [3.8, 4) is 11.5 Å². The Kier molecular flexibility index (Phi) is 4.01. The maximum absolute atomic E-state index is 13.0. The summed E-state index contributed by atoms with van der Waals surface area (Å²) in [6.07, 6.45) is 3.27. The number of furan rings is 1. The fourth-order valence-corrected chi connectivity index (χ4v) is 2.92. The highest BCUT2D eigenvalue weighted by molar-refractivity contribution is 6.12. The second-order valence-corrected chi connectivity index (χ2v) is 6.26. The van der Waals surface area contributed by atoms with Gasteiger partial charge in [0.1, 0.15) is 11.5 Å². The summed E-state index contributed by atoms with van der Waals surface area (Å²) in [5.74, 6) is 1.07. The number of aromatic nitrogens is 3. The van der Waals surface area contributed by atoms with E-state index >= 15 is 0 Å². The van der Waals surface area contributed by atoms with Gasteiger partial charge < -0.3 is 9.73 Å². The van der Waals surface area contributed by atoms with E-state index in [1.54, 1.807) is 35.3 Å². The molecule has 6 nitrogen and oxygen atoms in total. The molecule has 0 aliphatic heterocycles. The van der Waals surface area contributed by atoms with E-state index in [2.05, 4.69) is 15.4 Å². The lowest BCUT2D eigenvalue weighted by molar-refractivity contribution is 0.102. The zero-order valence-corrected chi connectivity index (χ0v) is 14.5. The van der Waals surface area contributed by atoms with Gasteiger partial charge in [-0.1, -0.05) is 18.2 Å². The van der Waals surface area contributed by atoms with E-state index in [-0.39, 0.29) is 11.9 Å². The normalized spacial score (nSPS) is 11.2. The highest BCUT2D eigenvalue weighted by Gasteiger charge is 2.17. The number of nitrogens with one attached hydrogen (secondary N) is 1. The molecule has 0 unspecified atom stereocenters. The van der Waals surface area contributed by atoms with E-state index in [9.17, 15) is 4.79 Å². The highest BCUT2D eigenvalue weighted by Crippen LogP contribution is 2.26. The first-order chi connectivity index (χ1) is 12.6. The lowest BCUT2D eigenvalue weighted by atomic mass is 10.1. The Morgan fingerprint density at radius 1 is 1.15 bits per heavy atom. The molecule has 6 heteroatoms. The molecule has 3 heterocycles. The number of hydrogen-bond acceptors (Lipinski definition) is 4. The van der Waals surface area contributed by atoms with Crippen LogP contribution < -0.4 is 5.32 Å². The fraction of sp³-hybridized carbons (Fsp3) is 0.150. The van der Waals surface area contributed by atoms with E-state index in [1.165, 1.54) is 0 Å². The number of para-hydroxylation sites is 1. The number of hydrogen-bond donors (Lipinski definition) is 1. The van der Waals surface area contributed by atoms with Gasteiger partial charge in [-0.3, -0.25) is 4.79 Å². The molecule has 1 amide bonds. The standard InChI is InChI=1S/C20H18N4O2/c1-13(2)24-19(9-10-21-24)23-20(25)15-12-17(18-8-5-11-26-18)22-16-7-4-3-6-14(15)16/h3-13H,1-2H3,(H,23,25). The molecule has 1 aromatic carbocycles. The molecular weight excluding hydrogens is 328 g/mol. The van der Waals surface area contributed by atoms with Gasteiger partial charge in [0.2, 0.25) is 0 Å². The van der Waals surface area contributed by atoms with Crippen LogP contribution in [0.4, 0.5) is 5.82 Å². The van der Waals surface area contributed by atoms with Crippen LogP contribution in [0.2, 0.25) is 0 Å². The van der Waals surface area contributed by atoms with Crippen molar-refractivity contribution in [1.29, 1.82) is 0 Å². The van der Waals surface area contributed by atoms with Gasteiger partial charge in [-0.05, 0) is 38.1 Å². The van der Waals surface area contributed by atoms with Crippen molar-refractivity contribution in [1.82, 2.24) is 14.8 Å². The molecule has 130 valence electrons. The van der Waals surface area contributed by atoms with Crippen LogP contribution in [0.25, 0.3) is 22.4 Å². The van der Waals surface area contributed by atoms with Crippen molar-refractivity contribution in [2.45, 2.75) is 19.9 Å². The molecule has 0 saturated heterocycles. The van der Waals surface area contributed by atoms with Crippen molar-refractivity contribution < 1.29 is 9.21 Å². The molecule has 4 aromatic rings. The van der Waals surface area contributed by atoms with Crippen LogP contribution in [0.3, 0.4) is 0 Å². The summed E-state index contributed by atoms with van der Waals surface area (Å²) in [4.78, 5) is 17.6. The Hall–Kier alpha value is -3.41. The zero-order valence-electron chi connectivity index (χ0n) is 14.5. The summed E-state index contributed by atoms with van der Waals surface area (Å²) in [6.45, 7) is 4.03. The average Bonchev–Trinajstić information content (AvgIpc) is 3.32. The van der Waals surface area contributed by atoms with E-state index in [0.29, 0.717) is 22.8 Å². The Balaban J connectivity index is 1.79. The lowest BCUT2D eigenvalue weighted by Gasteiger charge is -2.13. The Labute approximate surface area is 150 Å². The molecule has 0 bridgehead atoms. The smallest absolute Gasteiger partial charge is 0.257 e. The van der Waals surface area contributed by atoms with Crippen LogP contribution >= 0.6 is 0 Å². The predicted octanol–water partition coefficient (Wildman–Crippen LogP) is 4.52. The topological polar surface area (TPSA) is 73.0 Å². The molecule has 0 saturated carbocycles. The SMILES string of the molecule is CC(C)n1nccc1NC(=O)c1cc(-c2ccco2)nc2ccccc12. The quantitative estimate of drug-likeness (QED) is 0.589. The van der Waals surface area contributed by atoms with E-state index < -0.39 is 0 Å². The molecule has 0 atom stereocenters. The maximum Gasteiger partial charge on any atom is 0.257 e.